The number of nitrogens with zero attached hydrogens (tertiary/aromatic N) is 1. The number of hydrogen-bond acceptors (Lipinski definition) is 5. The van der Waals surface area contributed by atoms with Gasteiger partial charge in [-0.25, -0.2) is 8.42 Å². The Bertz CT molecular complexity index is 881. The van der Waals surface area contributed by atoms with Crippen molar-refractivity contribution in [2.75, 3.05) is 31.3 Å². The average molecular weight is 392 g/mol. The molecule has 0 saturated carbocycles. The van der Waals surface area contributed by atoms with Gasteiger partial charge in [0.1, 0.15) is 18.1 Å². The van der Waals surface area contributed by atoms with E-state index in [0.717, 1.165) is 16.3 Å². The highest BCUT2D eigenvalue weighted by Gasteiger charge is 2.15. The largest absolute Gasteiger partial charge is 0.497 e. The molecule has 0 heterocycles. The third kappa shape index (κ3) is 5.89. The molecule has 1 unspecified atom stereocenters. The smallest absolute Gasteiger partial charge is 0.251 e. The number of ether oxygens (including phenoxy) is 2. The van der Waals surface area contributed by atoms with Gasteiger partial charge in [-0.15, -0.1) is 0 Å². The predicted molar refractivity (Wildman–Crippen MR) is 105 cm³/mol. The molecule has 146 valence electrons. The lowest BCUT2D eigenvalue weighted by Gasteiger charge is -2.18. The summed E-state index contributed by atoms with van der Waals surface area (Å²) in [6.07, 6.45) is 1.11. The van der Waals surface area contributed by atoms with E-state index >= 15 is 0 Å². The minimum atomic E-state index is -3.39. The number of methoxy groups -OCH3 is 1. The van der Waals surface area contributed by atoms with Crippen LogP contribution in [-0.2, 0) is 10.0 Å². The van der Waals surface area contributed by atoms with Crippen molar-refractivity contribution in [3.63, 3.8) is 0 Å². The highest BCUT2D eigenvalue weighted by Crippen LogP contribution is 2.18. The van der Waals surface area contributed by atoms with Crippen LogP contribution in [0.3, 0.4) is 0 Å². The predicted octanol–water partition coefficient (Wildman–Crippen LogP) is 2.29. The molecule has 0 aliphatic heterocycles. The lowest BCUT2D eigenvalue weighted by molar-refractivity contribution is 0.0926. The van der Waals surface area contributed by atoms with E-state index in [9.17, 15) is 13.2 Å². The van der Waals surface area contributed by atoms with Crippen molar-refractivity contribution in [1.82, 2.24) is 5.32 Å². The molecule has 0 aromatic heterocycles. The van der Waals surface area contributed by atoms with Crippen molar-refractivity contribution in [2.24, 2.45) is 0 Å². The van der Waals surface area contributed by atoms with E-state index in [4.69, 9.17) is 9.47 Å². The summed E-state index contributed by atoms with van der Waals surface area (Å²) in [7, 11) is -0.357. The third-order valence-electron chi connectivity index (χ3n) is 3.91. The number of benzene rings is 2. The second-order valence-electron chi connectivity index (χ2n) is 6.14. The van der Waals surface area contributed by atoms with Crippen LogP contribution in [0.1, 0.15) is 17.3 Å². The molecule has 0 fully saturated rings. The Morgan fingerprint density at radius 2 is 1.78 bits per heavy atom. The molecular weight excluding hydrogens is 368 g/mol. The second kappa shape index (κ2) is 8.77. The summed E-state index contributed by atoms with van der Waals surface area (Å²) in [6, 6.07) is 13.4. The summed E-state index contributed by atoms with van der Waals surface area (Å²) < 4.78 is 35.2. The number of anilines is 1. The standard InChI is InChI=1S/C19H24N2O5S/c1-14(13-26-18-10-8-17(25-3)9-11-18)20-19(22)15-6-5-7-16(12-15)21(2)27(4,23)24/h5-12,14H,13H2,1-4H3,(H,20,22). The van der Waals surface area contributed by atoms with Crippen LogP contribution in [0.5, 0.6) is 11.5 Å². The van der Waals surface area contributed by atoms with E-state index < -0.39 is 10.0 Å². The lowest BCUT2D eigenvalue weighted by atomic mass is 10.2. The van der Waals surface area contributed by atoms with Crippen LogP contribution in [0.25, 0.3) is 0 Å². The molecule has 0 aliphatic carbocycles. The zero-order valence-electron chi connectivity index (χ0n) is 15.8. The van der Waals surface area contributed by atoms with Gasteiger partial charge in [0.05, 0.1) is 25.1 Å². The Kier molecular flexibility index (Phi) is 6.68. The van der Waals surface area contributed by atoms with Gasteiger partial charge in [0, 0.05) is 12.6 Å². The number of sulfonamides is 1. The van der Waals surface area contributed by atoms with Gasteiger partial charge in [-0.3, -0.25) is 9.10 Å². The topological polar surface area (TPSA) is 84.9 Å². The number of carbonyl (C=O) groups is 1. The molecule has 2 aromatic rings. The van der Waals surface area contributed by atoms with Crippen LogP contribution in [0.15, 0.2) is 48.5 Å². The number of amides is 1. The fourth-order valence-corrected chi connectivity index (χ4v) is 2.77. The highest BCUT2D eigenvalue weighted by atomic mass is 32.2. The Labute approximate surface area is 160 Å². The van der Waals surface area contributed by atoms with Gasteiger partial charge in [-0.1, -0.05) is 6.07 Å². The Morgan fingerprint density at radius 1 is 1.15 bits per heavy atom. The van der Waals surface area contributed by atoms with E-state index in [-0.39, 0.29) is 11.9 Å². The molecular formula is C19H24N2O5S. The molecule has 2 aromatic carbocycles. The molecule has 0 spiro atoms. The average Bonchev–Trinajstić information content (AvgIpc) is 2.65. The fraction of sp³-hybridized carbons (Fsp3) is 0.316. The second-order valence-corrected chi connectivity index (χ2v) is 8.16. The number of rotatable bonds is 8. The van der Waals surface area contributed by atoms with Gasteiger partial charge in [-0.05, 0) is 49.4 Å². The van der Waals surface area contributed by atoms with Crippen LogP contribution in [0.2, 0.25) is 0 Å². The minimum absolute atomic E-state index is 0.240. The number of carbonyl (C=O) groups excluding carboxylic acids is 1. The monoisotopic (exact) mass is 392 g/mol. The molecule has 7 nitrogen and oxygen atoms in total. The first kappa shape index (κ1) is 20.6. The molecule has 0 radical (unpaired) electrons. The van der Waals surface area contributed by atoms with Gasteiger partial charge >= 0.3 is 0 Å². The van der Waals surface area contributed by atoms with Crippen LogP contribution in [-0.4, -0.2) is 47.4 Å². The zero-order valence-corrected chi connectivity index (χ0v) is 16.6. The lowest BCUT2D eigenvalue weighted by Crippen LogP contribution is -2.36. The van der Waals surface area contributed by atoms with Crippen LogP contribution >= 0.6 is 0 Å². The Hall–Kier alpha value is -2.74. The van der Waals surface area contributed by atoms with Gasteiger partial charge in [0.2, 0.25) is 10.0 Å². The van der Waals surface area contributed by atoms with E-state index in [0.29, 0.717) is 23.6 Å². The maximum atomic E-state index is 12.4. The summed E-state index contributed by atoms with van der Waals surface area (Å²) in [5, 5.41) is 2.84. The van der Waals surface area contributed by atoms with Crippen molar-refractivity contribution < 1.29 is 22.7 Å². The van der Waals surface area contributed by atoms with E-state index in [1.807, 2.05) is 6.92 Å². The molecule has 2 rings (SSSR count). The van der Waals surface area contributed by atoms with E-state index in [1.54, 1.807) is 49.6 Å². The fourth-order valence-electron chi connectivity index (χ4n) is 2.28. The first-order valence-corrected chi connectivity index (χ1v) is 10.2. The normalized spacial score (nSPS) is 12.1. The number of nitrogens with one attached hydrogen (secondary N) is 1. The summed E-state index contributed by atoms with van der Waals surface area (Å²) in [4.78, 5) is 12.4. The molecule has 1 N–H and O–H groups in total. The van der Waals surface area contributed by atoms with Gasteiger partial charge in [-0.2, -0.15) is 0 Å². The minimum Gasteiger partial charge on any atom is -0.497 e. The van der Waals surface area contributed by atoms with Crippen molar-refractivity contribution in [3.05, 3.63) is 54.1 Å². The Morgan fingerprint density at radius 3 is 2.37 bits per heavy atom. The maximum absolute atomic E-state index is 12.4. The molecule has 8 heteroatoms. The molecule has 0 bridgehead atoms. The zero-order chi connectivity index (χ0) is 20.0. The summed E-state index contributed by atoms with van der Waals surface area (Å²) in [5.41, 5.74) is 0.798. The molecule has 27 heavy (non-hydrogen) atoms. The number of hydrogen-bond donors (Lipinski definition) is 1. The van der Waals surface area contributed by atoms with Gasteiger partial charge in [0.15, 0.2) is 0 Å². The highest BCUT2D eigenvalue weighted by molar-refractivity contribution is 7.92. The Balaban J connectivity index is 1.95. The molecule has 1 atom stereocenters. The quantitative estimate of drug-likeness (QED) is 0.745. The van der Waals surface area contributed by atoms with Crippen LogP contribution in [0, 0.1) is 0 Å². The first-order valence-electron chi connectivity index (χ1n) is 8.32. The molecule has 1 amide bonds. The van der Waals surface area contributed by atoms with Crippen LogP contribution < -0.4 is 19.1 Å². The maximum Gasteiger partial charge on any atom is 0.251 e. The van der Waals surface area contributed by atoms with Gasteiger partial charge < -0.3 is 14.8 Å². The van der Waals surface area contributed by atoms with Crippen molar-refractivity contribution in [3.8, 4) is 11.5 Å². The molecule has 0 saturated heterocycles. The third-order valence-corrected chi connectivity index (χ3v) is 5.11. The van der Waals surface area contributed by atoms with Gasteiger partial charge in [0.25, 0.3) is 5.91 Å². The SMILES string of the molecule is COc1ccc(OCC(C)NC(=O)c2cccc(N(C)S(C)(=O)=O)c2)cc1. The van der Waals surface area contributed by atoms with E-state index in [2.05, 4.69) is 5.32 Å². The van der Waals surface area contributed by atoms with Crippen LogP contribution in [0.4, 0.5) is 5.69 Å². The van der Waals surface area contributed by atoms with Crippen molar-refractivity contribution in [1.29, 1.82) is 0 Å². The van der Waals surface area contributed by atoms with E-state index in [1.165, 1.54) is 13.1 Å². The molecule has 0 aliphatic rings. The summed E-state index contributed by atoms with van der Waals surface area (Å²) in [5.74, 6) is 1.11. The first-order chi connectivity index (χ1) is 12.7. The van der Waals surface area contributed by atoms with Crippen molar-refractivity contribution in [2.45, 2.75) is 13.0 Å². The summed E-state index contributed by atoms with van der Waals surface area (Å²) >= 11 is 0. The van der Waals surface area contributed by atoms with Crippen molar-refractivity contribution >= 4 is 21.6 Å². The summed E-state index contributed by atoms with van der Waals surface area (Å²) in [6.45, 7) is 2.12.